The topological polar surface area (TPSA) is 21.3 Å². The van der Waals surface area contributed by atoms with E-state index in [1.165, 1.54) is 16.7 Å². The Morgan fingerprint density at radius 2 is 1.74 bits per heavy atom. The Labute approximate surface area is 118 Å². The Bertz CT molecular complexity index is 410. The Morgan fingerprint density at radius 1 is 1.11 bits per heavy atom. The van der Waals surface area contributed by atoms with Crippen LogP contribution in [0.5, 0.6) is 5.75 Å². The lowest BCUT2D eigenvalue weighted by molar-refractivity contribution is 0.405. The molecule has 0 aliphatic carbocycles. The van der Waals surface area contributed by atoms with Crippen LogP contribution in [0.1, 0.15) is 56.2 Å². The van der Waals surface area contributed by atoms with E-state index in [4.69, 9.17) is 4.74 Å². The van der Waals surface area contributed by atoms with Crippen molar-refractivity contribution in [2.24, 2.45) is 5.92 Å². The maximum Gasteiger partial charge on any atom is 0.122 e. The molecule has 1 rings (SSSR count). The average Bonchev–Trinajstić information content (AvgIpc) is 2.35. The predicted molar refractivity (Wildman–Crippen MR) is 83.3 cm³/mol. The Morgan fingerprint density at radius 3 is 2.16 bits per heavy atom. The number of hydrogen-bond acceptors (Lipinski definition) is 2. The third-order valence-corrected chi connectivity index (χ3v) is 3.87. The van der Waals surface area contributed by atoms with Crippen molar-refractivity contribution in [1.82, 2.24) is 5.32 Å². The fourth-order valence-corrected chi connectivity index (χ4v) is 2.67. The Kier molecular flexibility index (Phi) is 5.86. The fraction of sp³-hybridized carbons (Fsp3) is 0.647. The van der Waals surface area contributed by atoms with Gasteiger partial charge in [0, 0.05) is 6.54 Å². The molecule has 1 N–H and O–H groups in total. The number of hydrogen-bond donors (Lipinski definition) is 1. The normalized spacial score (nSPS) is 13.1. The number of methoxy groups -OCH3 is 1. The van der Waals surface area contributed by atoms with Gasteiger partial charge in [-0.1, -0.05) is 33.8 Å². The van der Waals surface area contributed by atoms with Crippen molar-refractivity contribution >= 4 is 0 Å². The van der Waals surface area contributed by atoms with Crippen molar-refractivity contribution in [3.63, 3.8) is 0 Å². The highest BCUT2D eigenvalue weighted by Crippen LogP contribution is 2.34. The fourth-order valence-electron chi connectivity index (χ4n) is 2.67. The van der Waals surface area contributed by atoms with Gasteiger partial charge >= 0.3 is 0 Å². The summed E-state index contributed by atoms with van der Waals surface area (Å²) in [7, 11) is 3.78. The molecule has 1 aromatic carbocycles. The summed E-state index contributed by atoms with van der Waals surface area (Å²) in [5.41, 5.74) is 4.09. The van der Waals surface area contributed by atoms with Crippen molar-refractivity contribution in [1.29, 1.82) is 0 Å². The summed E-state index contributed by atoms with van der Waals surface area (Å²) in [6.45, 7) is 12.2. The van der Waals surface area contributed by atoms with Gasteiger partial charge in [0.25, 0.3) is 0 Å². The first-order chi connectivity index (χ1) is 8.92. The molecule has 0 saturated carbocycles. The van der Waals surface area contributed by atoms with E-state index in [1.54, 1.807) is 7.11 Å². The molecule has 108 valence electrons. The second kappa shape index (κ2) is 6.95. The molecule has 1 aromatic rings. The van der Waals surface area contributed by atoms with Crippen molar-refractivity contribution in [2.45, 2.75) is 46.5 Å². The second-order valence-electron chi connectivity index (χ2n) is 6.01. The molecule has 0 bridgehead atoms. The lowest BCUT2D eigenvalue weighted by Crippen LogP contribution is -2.22. The van der Waals surface area contributed by atoms with Gasteiger partial charge in [-0.2, -0.15) is 0 Å². The first-order valence-electron chi connectivity index (χ1n) is 7.25. The summed E-state index contributed by atoms with van der Waals surface area (Å²) in [6, 6.07) is 4.54. The van der Waals surface area contributed by atoms with E-state index in [-0.39, 0.29) is 0 Å². The van der Waals surface area contributed by atoms with Crippen molar-refractivity contribution < 1.29 is 4.74 Å². The van der Waals surface area contributed by atoms with Crippen LogP contribution in [-0.2, 0) is 0 Å². The van der Waals surface area contributed by atoms with Gasteiger partial charge < -0.3 is 10.1 Å². The zero-order valence-corrected chi connectivity index (χ0v) is 13.5. The Balaban J connectivity index is 3.30. The molecule has 2 nitrogen and oxygen atoms in total. The van der Waals surface area contributed by atoms with Crippen LogP contribution in [0.25, 0.3) is 0 Å². The molecule has 0 aliphatic heterocycles. The first-order valence-corrected chi connectivity index (χ1v) is 7.25. The number of benzene rings is 1. The highest BCUT2D eigenvalue weighted by molar-refractivity contribution is 5.45. The Hall–Kier alpha value is -1.02. The molecule has 1 unspecified atom stereocenters. The highest BCUT2D eigenvalue weighted by atomic mass is 16.5. The summed E-state index contributed by atoms with van der Waals surface area (Å²) >= 11 is 0. The van der Waals surface area contributed by atoms with Crippen LogP contribution < -0.4 is 10.1 Å². The van der Waals surface area contributed by atoms with E-state index in [2.05, 4.69) is 52.1 Å². The number of aryl methyl sites for hydroxylation is 1. The maximum absolute atomic E-state index is 5.53. The lowest BCUT2D eigenvalue weighted by atomic mass is 9.83. The SMILES string of the molecule is CNCC(c1cc(C(C)C)c(OC)cc1C)C(C)C. The largest absolute Gasteiger partial charge is 0.496 e. The van der Waals surface area contributed by atoms with Gasteiger partial charge in [-0.25, -0.2) is 0 Å². The molecule has 0 fully saturated rings. The maximum atomic E-state index is 5.53. The minimum atomic E-state index is 0.483. The molecule has 0 saturated heterocycles. The quantitative estimate of drug-likeness (QED) is 0.835. The van der Waals surface area contributed by atoms with E-state index in [0.29, 0.717) is 17.8 Å². The van der Waals surface area contributed by atoms with Gasteiger partial charge in [0.2, 0.25) is 0 Å². The molecular formula is C17H29NO. The monoisotopic (exact) mass is 263 g/mol. The van der Waals surface area contributed by atoms with Crippen LogP contribution >= 0.6 is 0 Å². The highest BCUT2D eigenvalue weighted by Gasteiger charge is 2.20. The number of ether oxygens (including phenoxy) is 1. The zero-order valence-electron chi connectivity index (χ0n) is 13.5. The smallest absolute Gasteiger partial charge is 0.122 e. The third-order valence-electron chi connectivity index (χ3n) is 3.87. The van der Waals surface area contributed by atoms with E-state index in [9.17, 15) is 0 Å². The van der Waals surface area contributed by atoms with Crippen molar-refractivity contribution in [3.05, 3.63) is 28.8 Å². The summed E-state index contributed by atoms with van der Waals surface area (Å²) in [5, 5.41) is 3.32. The van der Waals surface area contributed by atoms with Crippen LogP contribution in [0, 0.1) is 12.8 Å². The van der Waals surface area contributed by atoms with Gasteiger partial charge in [0.05, 0.1) is 7.11 Å². The van der Waals surface area contributed by atoms with Crippen LogP contribution in [0.15, 0.2) is 12.1 Å². The molecular weight excluding hydrogens is 234 g/mol. The summed E-state index contributed by atoms with van der Waals surface area (Å²) in [5.74, 6) is 2.67. The molecule has 1 atom stereocenters. The van der Waals surface area contributed by atoms with E-state index in [1.807, 2.05) is 7.05 Å². The molecule has 0 spiro atoms. The molecule has 0 aromatic heterocycles. The van der Waals surface area contributed by atoms with Crippen molar-refractivity contribution in [2.75, 3.05) is 20.7 Å². The van der Waals surface area contributed by atoms with E-state index < -0.39 is 0 Å². The average molecular weight is 263 g/mol. The van der Waals surface area contributed by atoms with Gasteiger partial charge in [-0.3, -0.25) is 0 Å². The van der Waals surface area contributed by atoms with Crippen LogP contribution in [0.2, 0.25) is 0 Å². The van der Waals surface area contributed by atoms with Gasteiger partial charge in [-0.15, -0.1) is 0 Å². The summed E-state index contributed by atoms with van der Waals surface area (Å²) in [4.78, 5) is 0. The lowest BCUT2D eigenvalue weighted by Gasteiger charge is -2.25. The minimum absolute atomic E-state index is 0.483. The van der Waals surface area contributed by atoms with E-state index >= 15 is 0 Å². The third kappa shape index (κ3) is 3.73. The molecule has 0 heterocycles. The number of likely N-dealkylation sites (N-methyl/N-ethyl adjacent to an activating group) is 1. The summed E-state index contributed by atoms with van der Waals surface area (Å²) < 4.78 is 5.53. The van der Waals surface area contributed by atoms with Gasteiger partial charge in [0.15, 0.2) is 0 Å². The molecule has 0 aliphatic rings. The second-order valence-corrected chi connectivity index (χ2v) is 6.01. The molecule has 0 amide bonds. The zero-order chi connectivity index (χ0) is 14.6. The standard InChI is InChI=1S/C17H29NO/c1-11(2)14-9-15(13(5)8-17(14)19-7)16(10-18-6)12(3)4/h8-9,11-12,16,18H,10H2,1-7H3. The van der Waals surface area contributed by atoms with E-state index in [0.717, 1.165) is 12.3 Å². The van der Waals surface area contributed by atoms with Crippen LogP contribution in [0.3, 0.4) is 0 Å². The number of rotatable bonds is 6. The molecule has 2 heteroatoms. The van der Waals surface area contributed by atoms with Crippen LogP contribution in [-0.4, -0.2) is 20.7 Å². The summed E-state index contributed by atoms with van der Waals surface area (Å²) in [6.07, 6.45) is 0. The number of nitrogens with one attached hydrogen (secondary N) is 1. The molecule has 19 heavy (non-hydrogen) atoms. The minimum Gasteiger partial charge on any atom is -0.496 e. The predicted octanol–water partition coefficient (Wildman–Crippen LogP) is 4.09. The first kappa shape index (κ1) is 16.0. The molecule has 0 radical (unpaired) electrons. The van der Waals surface area contributed by atoms with Crippen molar-refractivity contribution in [3.8, 4) is 5.75 Å². The van der Waals surface area contributed by atoms with Gasteiger partial charge in [0.1, 0.15) is 5.75 Å². The van der Waals surface area contributed by atoms with Gasteiger partial charge in [-0.05, 0) is 54.5 Å². The van der Waals surface area contributed by atoms with Crippen LogP contribution in [0.4, 0.5) is 0 Å².